The molecule has 186 valence electrons. The first-order valence-corrected chi connectivity index (χ1v) is 12.2. The third-order valence-corrected chi connectivity index (χ3v) is 6.57. The van der Waals surface area contributed by atoms with Crippen LogP contribution in [0.15, 0.2) is 53.4 Å². The predicted molar refractivity (Wildman–Crippen MR) is 135 cm³/mol. The highest BCUT2D eigenvalue weighted by Gasteiger charge is 2.21. The summed E-state index contributed by atoms with van der Waals surface area (Å²) in [5.41, 5.74) is 7.95. The average molecular weight is 509 g/mol. The van der Waals surface area contributed by atoms with Crippen LogP contribution >= 0.6 is 0 Å². The molecule has 0 fully saturated rings. The molecule has 36 heavy (non-hydrogen) atoms. The van der Waals surface area contributed by atoms with Gasteiger partial charge in [0.05, 0.1) is 27.9 Å². The number of carbonyl (C=O) groups excluding carboxylic acids is 1. The van der Waals surface area contributed by atoms with Gasteiger partial charge >= 0.3 is 0 Å². The number of aromatic nitrogens is 2. The molecular weight excluding hydrogens is 484 g/mol. The van der Waals surface area contributed by atoms with Gasteiger partial charge in [0.15, 0.2) is 0 Å². The first kappa shape index (κ1) is 24.7. The van der Waals surface area contributed by atoms with Crippen molar-refractivity contribution in [1.29, 1.82) is 5.41 Å². The van der Waals surface area contributed by atoms with E-state index in [9.17, 15) is 23.4 Å². The molecule has 4 aromatic rings. The Morgan fingerprint density at radius 2 is 1.75 bits per heavy atom. The molecule has 0 bridgehead atoms. The molecule has 0 atom stereocenters. The number of nitrogen functional groups attached to an aromatic ring is 1. The maximum atomic E-state index is 12.5. The molecule has 0 unspecified atom stereocenters. The summed E-state index contributed by atoms with van der Waals surface area (Å²) in [7, 11) is -0.876. The van der Waals surface area contributed by atoms with Crippen molar-refractivity contribution in [3.8, 4) is 34.0 Å². The standard InChI is InChI=1S/C24H24N6O5S/c1-30(2)21(32)9-12-7-16(15-11-14(36(27,34)35)4-6-20(15)31)22(33)17(8-12)24-28-18-5-3-13(23(25)26)10-19(18)29-24/h3-8,10-11,31,33H,9H2,1-2H3,(H3,25,26)(H,28,29)(H2,27,34,35). The van der Waals surface area contributed by atoms with Crippen LogP contribution < -0.4 is 10.9 Å². The number of hydrogen-bond acceptors (Lipinski definition) is 7. The number of rotatable bonds is 6. The number of phenols is 2. The maximum Gasteiger partial charge on any atom is 0.238 e. The minimum atomic E-state index is -4.09. The van der Waals surface area contributed by atoms with Crippen molar-refractivity contribution < 1.29 is 23.4 Å². The van der Waals surface area contributed by atoms with Crippen molar-refractivity contribution in [3.63, 3.8) is 0 Å². The second-order valence-electron chi connectivity index (χ2n) is 8.46. The smallest absolute Gasteiger partial charge is 0.238 e. The van der Waals surface area contributed by atoms with E-state index in [0.717, 1.165) is 18.2 Å². The maximum absolute atomic E-state index is 12.5. The lowest BCUT2D eigenvalue weighted by atomic mass is 9.95. The fourth-order valence-corrected chi connectivity index (χ4v) is 4.26. The molecule has 1 aromatic heterocycles. The topological polar surface area (TPSA) is 199 Å². The number of nitrogens with one attached hydrogen (secondary N) is 2. The van der Waals surface area contributed by atoms with Gasteiger partial charge in [-0.3, -0.25) is 10.2 Å². The van der Waals surface area contributed by atoms with Gasteiger partial charge in [-0.05, 0) is 54.1 Å². The number of likely N-dealkylation sites (N-methyl/N-ethyl adjacent to an activating group) is 1. The Morgan fingerprint density at radius 1 is 1.06 bits per heavy atom. The molecule has 0 spiro atoms. The summed E-state index contributed by atoms with van der Waals surface area (Å²) in [5, 5.41) is 34.7. The number of hydrogen-bond donors (Lipinski definition) is 6. The minimum Gasteiger partial charge on any atom is -0.507 e. The lowest BCUT2D eigenvalue weighted by Crippen LogP contribution is -2.23. The number of primary sulfonamides is 1. The number of benzene rings is 3. The summed E-state index contributed by atoms with van der Waals surface area (Å²) in [6.07, 6.45) is -0.0301. The monoisotopic (exact) mass is 508 g/mol. The molecule has 8 N–H and O–H groups in total. The van der Waals surface area contributed by atoms with Crippen LogP contribution in [0.5, 0.6) is 11.5 Å². The number of aromatic hydroxyl groups is 2. The van der Waals surface area contributed by atoms with Crippen molar-refractivity contribution in [2.75, 3.05) is 14.1 Å². The molecule has 0 saturated carbocycles. The highest BCUT2D eigenvalue weighted by molar-refractivity contribution is 7.89. The van der Waals surface area contributed by atoms with Crippen LogP contribution in [0.4, 0.5) is 0 Å². The van der Waals surface area contributed by atoms with E-state index in [4.69, 9.17) is 16.3 Å². The Morgan fingerprint density at radius 3 is 2.39 bits per heavy atom. The number of amides is 1. The molecule has 12 heteroatoms. The van der Waals surface area contributed by atoms with E-state index in [1.165, 1.54) is 11.0 Å². The molecule has 4 rings (SSSR count). The number of imidazole rings is 1. The molecule has 1 amide bonds. The number of carbonyl (C=O) groups is 1. The van der Waals surface area contributed by atoms with Crippen LogP contribution in [-0.2, 0) is 21.2 Å². The van der Waals surface area contributed by atoms with E-state index in [1.54, 1.807) is 38.4 Å². The molecule has 0 aliphatic heterocycles. The van der Waals surface area contributed by atoms with Gasteiger partial charge in [-0.15, -0.1) is 0 Å². The molecule has 0 aliphatic carbocycles. The fraction of sp³-hybridized carbons (Fsp3) is 0.125. The number of sulfonamides is 1. The number of fused-ring (bicyclic) bond motifs is 1. The van der Waals surface area contributed by atoms with Crippen LogP contribution in [-0.4, -0.2) is 59.3 Å². The summed E-state index contributed by atoms with van der Waals surface area (Å²) in [5.74, 6) is -0.679. The highest BCUT2D eigenvalue weighted by Crippen LogP contribution is 2.42. The van der Waals surface area contributed by atoms with Gasteiger partial charge in [0, 0.05) is 30.8 Å². The van der Waals surface area contributed by atoms with Crippen molar-refractivity contribution in [3.05, 3.63) is 59.7 Å². The van der Waals surface area contributed by atoms with Crippen LogP contribution in [0, 0.1) is 5.41 Å². The van der Waals surface area contributed by atoms with Crippen LogP contribution in [0.25, 0.3) is 33.5 Å². The Kier molecular flexibility index (Phi) is 6.16. The number of H-pyrrole nitrogens is 1. The van der Waals surface area contributed by atoms with Crippen molar-refractivity contribution >= 4 is 32.8 Å². The second-order valence-corrected chi connectivity index (χ2v) is 10.0. The van der Waals surface area contributed by atoms with Crippen LogP contribution in [0.2, 0.25) is 0 Å². The summed E-state index contributed by atoms with van der Waals surface area (Å²) in [6, 6.07) is 11.5. The minimum absolute atomic E-state index is 0.00871. The number of phenolic OH excluding ortho intramolecular Hbond substituents is 2. The Bertz CT molecular complexity index is 1640. The average Bonchev–Trinajstić information content (AvgIpc) is 3.22. The number of nitrogens with zero attached hydrogens (tertiary/aromatic N) is 2. The predicted octanol–water partition coefficient (Wildman–Crippen LogP) is 1.87. The third kappa shape index (κ3) is 4.72. The molecule has 0 radical (unpaired) electrons. The number of aromatic amines is 1. The Hall–Kier alpha value is -4.42. The third-order valence-electron chi connectivity index (χ3n) is 5.66. The zero-order valence-corrected chi connectivity index (χ0v) is 20.2. The largest absolute Gasteiger partial charge is 0.507 e. The van der Waals surface area contributed by atoms with Crippen LogP contribution in [0.1, 0.15) is 11.1 Å². The van der Waals surface area contributed by atoms with E-state index in [0.29, 0.717) is 22.2 Å². The first-order chi connectivity index (χ1) is 16.8. The van der Waals surface area contributed by atoms with E-state index in [-0.39, 0.29) is 57.1 Å². The van der Waals surface area contributed by atoms with E-state index < -0.39 is 10.0 Å². The molecule has 11 nitrogen and oxygen atoms in total. The van der Waals surface area contributed by atoms with Crippen LogP contribution in [0.3, 0.4) is 0 Å². The van der Waals surface area contributed by atoms with Gasteiger partial charge in [0.25, 0.3) is 0 Å². The number of nitrogens with two attached hydrogens (primary N) is 2. The number of amidine groups is 1. The van der Waals surface area contributed by atoms with Crippen molar-refractivity contribution in [1.82, 2.24) is 14.9 Å². The summed E-state index contributed by atoms with van der Waals surface area (Å²) in [4.78, 5) is 21.2. The molecular formula is C24H24N6O5S. The first-order valence-electron chi connectivity index (χ1n) is 10.6. The molecule has 0 saturated heterocycles. The molecule has 0 aliphatic rings. The SMILES string of the molecule is CN(C)C(=O)Cc1cc(-c2nc3cc(C(=N)N)ccc3[nH]2)c(O)c(-c2cc(S(N)(=O)=O)ccc2O)c1. The van der Waals surface area contributed by atoms with Gasteiger partial charge in [-0.1, -0.05) is 0 Å². The lowest BCUT2D eigenvalue weighted by molar-refractivity contribution is -0.127. The van der Waals surface area contributed by atoms with Gasteiger partial charge < -0.3 is 25.8 Å². The van der Waals surface area contributed by atoms with E-state index >= 15 is 0 Å². The Balaban J connectivity index is 1.96. The zero-order chi connectivity index (χ0) is 26.4. The zero-order valence-electron chi connectivity index (χ0n) is 19.4. The van der Waals surface area contributed by atoms with E-state index in [2.05, 4.69) is 9.97 Å². The summed E-state index contributed by atoms with van der Waals surface area (Å²) < 4.78 is 23.8. The highest BCUT2D eigenvalue weighted by atomic mass is 32.2. The summed E-state index contributed by atoms with van der Waals surface area (Å²) in [6.45, 7) is 0. The van der Waals surface area contributed by atoms with Gasteiger partial charge in [0.1, 0.15) is 23.2 Å². The van der Waals surface area contributed by atoms with Gasteiger partial charge in [0.2, 0.25) is 15.9 Å². The normalized spacial score (nSPS) is 11.5. The quantitative estimate of drug-likeness (QED) is 0.169. The van der Waals surface area contributed by atoms with Gasteiger partial charge in [-0.25, -0.2) is 18.5 Å². The Labute approximate surface area is 206 Å². The molecule has 1 heterocycles. The lowest BCUT2D eigenvalue weighted by Gasteiger charge is -2.15. The fourth-order valence-electron chi connectivity index (χ4n) is 3.72. The second kappa shape index (κ2) is 8.98. The molecule has 3 aromatic carbocycles. The van der Waals surface area contributed by atoms with Gasteiger partial charge in [-0.2, -0.15) is 0 Å². The van der Waals surface area contributed by atoms with Crippen molar-refractivity contribution in [2.45, 2.75) is 11.3 Å². The van der Waals surface area contributed by atoms with E-state index in [1.807, 2.05) is 0 Å². The summed E-state index contributed by atoms with van der Waals surface area (Å²) >= 11 is 0. The van der Waals surface area contributed by atoms with Crippen molar-refractivity contribution in [2.24, 2.45) is 10.9 Å².